The standard InChI is InChI=1S/C14H12N2O4/c1-3-19-14(17)13-16-8-12(20-13)10-6-9(7-15)4-5-11(10)18-2/h4-6,8H,3H2,1-2H3. The van der Waals surface area contributed by atoms with Crippen molar-refractivity contribution >= 4 is 5.97 Å². The fourth-order valence-corrected chi connectivity index (χ4v) is 1.66. The van der Waals surface area contributed by atoms with E-state index in [2.05, 4.69) is 4.98 Å². The summed E-state index contributed by atoms with van der Waals surface area (Å²) in [4.78, 5) is 15.4. The molecule has 1 heterocycles. The average Bonchev–Trinajstić information content (AvgIpc) is 2.96. The lowest BCUT2D eigenvalue weighted by atomic mass is 10.1. The summed E-state index contributed by atoms with van der Waals surface area (Å²) in [6.07, 6.45) is 1.39. The first kappa shape index (κ1) is 13.6. The molecule has 0 amide bonds. The topological polar surface area (TPSA) is 85.3 Å². The minimum absolute atomic E-state index is 0.133. The number of rotatable bonds is 4. The molecular formula is C14H12N2O4. The average molecular weight is 272 g/mol. The van der Waals surface area contributed by atoms with Gasteiger partial charge in [0, 0.05) is 0 Å². The molecule has 2 aromatic rings. The molecule has 0 aliphatic carbocycles. The fraction of sp³-hybridized carbons (Fsp3) is 0.214. The number of ether oxygens (including phenoxy) is 2. The Kier molecular flexibility index (Phi) is 4.01. The molecule has 0 saturated carbocycles. The first-order valence-electron chi connectivity index (χ1n) is 5.91. The molecule has 0 spiro atoms. The number of hydrogen-bond acceptors (Lipinski definition) is 6. The number of benzene rings is 1. The highest BCUT2D eigenvalue weighted by Crippen LogP contribution is 2.31. The molecular weight excluding hydrogens is 260 g/mol. The van der Waals surface area contributed by atoms with E-state index in [9.17, 15) is 4.79 Å². The van der Waals surface area contributed by atoms with E-state index in [1.165, 1.54) is 13.3 Å². The van der Waals surface area contributed by atoms with Crippen LogP contribution >= 0.6 is 0 Å². The second-order valence-corrected chi connectivity index (χ2v) is 3.78. The molecule has 0 aliphatic rings. The highest BCUT2D eigenvalue weighted by Gasteiger charge is 2.17. The van der Waals surface area contributed by atoms with Crippen molar-refractivity contribution in [1.29, 1.82) is 5.26 Å². The predicted molar refractivity (Wildman–Crippen MR) is 69.2 cm³/mol. The molecule has 0 N–H and O–H groups in total. The maximum Gasteiger partial charge on any atom is 0.394 e. The van der Waals surface area contributed by atoms with Crippen molar-refractivity contribution in [1.82, 2.24) is 4.98 Å². The van der Waals surface area contributed by atoms with Crippen LogP contribution in [0.4, 0.5) is 0 Å². The van der Waals surface area contributed by atoms with Crippen LogP contribution in [0.25, 0.3) is 11.3 Å². The van der Waals surface area contributed by atoms with E-state index >= 15 is 0 Å². The van der Waals surface area contributed by atoms with E-state index in [4.69, 9.17) is 19.2 Å². The summed E-state index contributed by atoms with van der Waals surface area (Å²) in [7, 11) is 1.51. The van der Waals surface area contributed by atoms with Gasteiger partial charge >= 0.3 is 11.9 Å². The molecule has 1 aromatic heterocycles. The molecule has 0 fully saturated rings. The Morgan fingerprint density at radius 1 is 1.50 bits per heavy atom. The number of carbonyl (C=O) groups is 1. The van der Waals surface area contributed by atoms with Crippen LogP contribution in [0.1, 0.15) is 23.2 Å². The number of aromatic nitrogens is 1. The molecule has 0 unspecified atom stereocenters. The Labute approximate surface area is 115 Å². The largest absolute Gasteiger partial charge is 0.496 e. The molecule has 102 valence electrons. The minimum Gasteiger partial charge on any atom is -0.496 e. The first-order valence-corrected chi connectivity index (χ1v) is 5.91. The van der Waals surface area contributed by atoms with Crippen LogP contribution in [0.2, 0.25) is 0 Å². The van der Waals surface area contributed by atoms with E-state index in [1.807, 2.05) is 6.07 Å². The Morgan fingerprint density at radius 2 is 2.30 bits per heavy atom. The zero-order valence-electron chi connectivity index (χ0n) is 11.0. The first-order chi connectivity index (χ1) is 9.69. The van der Waals surface area contributed by atoms with Crippen molar-refractivity contribution in [2.45, 2.75) is 6.92 Å². The van der Waals surface area contributed by atoms with Crippen molar-refractivity contribution < 1.29 is 18.7 Å². The molecule has 0 atom stereocenters. The Bertz CT molecular complexity index is 670. The lowest BCUT2D eigenvalue weighted by Crippen LogP contribution is -2.04. The van der Waals surface area contributed by atoms with Crippen molar-refractivity contribution in [3.05, 3.63) is 35.9 Å². The summed E-state index contributed by atoms with van der Waals surface area (Å²) in [5.74, 6) is 0.0954. The number of methoxy groups -OCH3 is 1. The van der Waals surface area contributed by atoms with E-state index in [0.717, 1.165) is 0 Å². The predicted octanol–water partition coefficient (Wildman–Crippen LogP) is 2.40. The highest BCUT2D eigenvalue weighted by atomic mass is 16.5. The molecule has 0 bridgehead atoms. The number of hydrogen-bond donors (Lipinski definition) is 0. The van der Waals surface area contributed by atoms with E-state index in [1.54, 1.807) is 25.1 Å². The number of esters is 1. The fourth-order valence-electron chi connectivity index (χ4n) is 1.66. The van der Waals surface area contributed by atoms with Crippen LogP contribution < -0.4 is 4.74 Å². The van der Waals surface area contributed by atoms with Gasteiger partial charge in [0.1, 0.15) is 5.75 Å². The van der Waals surface area contributed by atoms with Crippen molar-refractivity contribution in [2.75, 3.05) is 13.7 Å². The van der Waals surface area contributed by atoms with Crippen molar-refractivity contribution in [2.24, 2.45) is 0 Å². The maximum absolute atomic E-state index is 11.5. The number of oxazole rings is 1. The van der Waals surface area contributed by atoms with E-state index in [-0.39, 0.29) is 12.5 Å². The maximum atomic E-state index is 11.5. The summed E-state index contributed by atoms with van der Waals surface area (Å²) < 4.78 is 15.4. The van der Waals surface area contributed by atoms with Gasteiger partial charge in [-0.05, 0) is 25.1 Å². The van der Waals surface area contributed by atoms with Gasteiger partial charge in [-0.2, -0.15) is 5.26 Å². The number of carbonyl (C=O) groups excluding carboxylic acids is 1. The van der Waals surface area contributed by atoms with Gasteiger partial charge in [0.15, 0.2) is 5.76 Å². The zero-order chi connectivity index (χ0) is 14.5. The molecule has 6 nitrogen and oxygen atoms in total. The van der Waals surface area contributed by atoms with Crippen molar-refractivity contribution in [3.8, 4) is 23.1 Å². The molecule has 0 saturated heterocycles. The quantitative estimate of drug-likeness (QED) is 0.794. The third kappa shape index (κ3) is 2.62. The minimum atomic E-state index is -0.630. The number of nitriles is 1. The normalized spacial score (nSPS) is 9.85. The molecule has 6 heteroatoms. The van der Waals surface area contributed by atoms with Gasteiger partial charge < -0.3 is 13.9 Å². The second-order valence-electron chi connectivity index (χ2n) is 3.78. The van der Waals surface area contributed by atoms with Gasteiger partial charge in [-0.25, -0.2) is 9.78 Å². The summed E-state index contributed by atoms with van der Waals surface area (Å²) >= 11 is 0. The van der Waals surface area contributed by atoms with Gasteiger partial charge in [-0.1, -0.05) is 0 Å². The summed E-state index contributed by atoms with van der Waals surface area (Å²) in [5.41, 5.74) is 1.00. The van der Waals surface area contributed by atoms with Crippen LogP contribution in [0, 0.1) is 11.3 Å². The molecule has 0 aliphatic heterocycles. The van der Waals surface area contributed by atoms with Gasteiger partial charge in [-0.15, -0.1) is 0 Å². The smallest absolute Gasteiger partial charge is 0.394 e. The molecule has 20 heavy (non-hydrogen) atoms. The van der Waals surface area contributed by atoms with Gasteiger partial charge in [0.2, 0.25) is 0 Å². The number of nitrogens with zero attached hydrogens (tertiary/aromatic N) is 2. The van der Waals surface area contributed by atoms with Gasteiger partial charge in [0.05, 0.1) is 37.1 Å². The van der Waals surface area contributed by atoms with Crippen LogP contribution in [0.5, 0.6) is 5.75 Å². The second kappa shape index (κ2) is 5.89. The Hall–Kier alpha value is -2.81. The van der Waals surface area contributed by atoms with Gasteiger partial charge in [-0.3, -0.25) is 0 Å². The van der Waals surface area contributed by atoms with Crippen LogP contribution in [-0.4, -0.2) is 24.7 Å². The van der Waals surface area contributed by atoms with Crippen LogP contribution in [0.15, 0.2) is 28.8 Å². The molecule has 2 rings (SSSR count). The summed E-state index contributed by atoms with van der Waals surface area (Å²) in [6, 6.07) is 6.92. The van der Waals surface area contributed by atoms with Crippen molar-refractivity contribution in [3.63, 3.8) is 0 Å². The van der Waals surface area contributed by atoms with Crippen LogP contribution in [0.3, 0.4) is 0 Å². The monoisotopic (exact) mass is 272 g/mol. The molecule has 0 radical (unpaired) electrons. The third-order valence-electron chi connectivity index (χ3n) is 2.55. The lowest BCUT2D eigenvalue weighted by Gasteiger charge is -2.05. The Balaban J connectivity index is 2.41. The lowest BCUT2D eigenvalue weighted by molar-refractivity contribution is 0.0482. The SMILES string of the molecule is CCOC(=O)c1ncc(-c2cc(C#N)ccc2OC)o1. The van der Waals surface area contributed by atoms with Crippen LogP contribution in [-0.2, 0) is 4.74 Å². The highest BCUT2D eigenvalue weighted by molar-refractivity contribution is 5.85. The summed E-state index contributed by atoms with van der Waals surface area (Å²) in [6.45, 7) is 1.94. The zero-order valence-corrected chi connectivity index (χ0v) is 11.0. The van der Waals surface area contributed by atoms with E-state index < -0.39 is 5.97 Å². The summed E-state index contributed by atoms with van der Waals surface area (Å²) in [5, 5.41) is 8.92. The Morgan fingerprint density at radius 3 is 2.95 bits per heavy atom. The van der Waals surface area contributed by atoms with E-state index in [0.29, 0.717) is 22.6 Å². The molecule has 1 aromatic carbocycles. The van der Waals surface area contributed by atoms with Gasteiger partial charge in [0.25, 0.3) is 0 Å². The third-order valence-corrected chi connectivity index (χ3v) is 2.55.